The molecule has 6 heteroatoms. The molecule has 3 rings (SSSR count). The first-order valence-corrected chi connectivity index (χ1v) is 8.88. The summed E-state index contributed by atoms with van der Waals surface area (Å²) in [7, 11) is 1.66. The van der Waals surface area contributed by atoms with Crippen LogP contribution in [0.15, 0.2) is 18.2 Å². The van der Waals surface area contributed by atoms with E-state index in [2.05, 4.69) is 10.6 Å². The van der Waals surface area contributed by atoms with E-state index < -0.39 is 0 Å². The van der Waals surface area contributed by atoms with E-state index in [4.69, 9.17) is 4.74 Å². The average Bonchev–Trinajstić information content (AvgIpc) is 2.97. The van der Waals surface area contributed by atoms with Crippen molar-refractivity contribution in [1.82, 2.24) is 10.2 Å². The van der Waals surface area contributed by atoms with Crippen molar-refractivity contribution >= 4 is 17.6 Å². The van der Waals surface area contributed by atoms with Gasteiger partial charge in [0.1, 0.15) is 0 Å². The summed E-state index contributed by atoms with van der Waals surface area (Å²) < 4.78 is 5.49. The van der Waals surface area contributed by atoms with Crippen molar-refractivity contribution in [3.05, 3.63) is 29.3 Å². The third kappa shape index (κ3) is 3.49. The number of aryl methyl sites for hydroxylation is 2. The van der Waals surface area contributed by atoms with Gasteiger partial charge in [0.05, 0.1) is 5.92 Å². The van der Waals surface area contributed by atoms with Gasteiger partial charge in [0.15, 0.2) is 0 Å². The van der Waals surface area contributed by atoms with Gasteiger partial charge >= 0.3 is 6.03 Å². The summed E-state index contributed by atoms with van der Waals surface area (Å²) in [6, 6.07) is 5.87. The van der Waals surface area contributed by atoms with Crippen LogP contribution in [0, 0.1) is 25.2 Å². The first-order valence-electron chi connectivity index (χ1n) is 8.88. The molecule has 0 aromatic heterocycles. The molecule has 136 valence electrons. The summed E-state index contributed by atoms with van der Waals surface area (Å²) in [5, 5.41) is 5.78. The molecule has 2 aliphatic rings. The number of nitrogens with zero attached hydrogens (tertiary/aromatic N) is 1. The van der Waals surface area contributed by atoms with Crippen LogP contribution >= 0.6 is 0 Å². The molecule has 0 radical (unpaired) electrons. The van der Waals surface area contributed by atoms with Crippen molar-refractivity contribution in [3.8, 4) is 0 Å². The minimum Gasteiger partial charge on any atom is -0.381 e. The molecular weight excluding hydrogens is 318 g/mol. The van der Waals surface area contributed by atoms with E-state index in [1.165, 1.54) is 0 Å². The van der Waals surface area contributed by atoms with E-state index in [1.807, 2.05) is 32.0 Å². The molecule has 2 N–H and O–H groups in total. The molecular formula is C19H27N3O3. The number of likely N-dealkylation sites (tertiary alicyclic amines) is 1. The second-order valence-corrected chi connectivity index (χ2v) is 7.27. The van der Waals surface area contributed by atoms with Crippen LogP contribution in [0.25, 0.3) is 0 Å². The van der Waals surface area contributed by atoms with Crippen LogP contribution in [0.3, 0.4) is 0 Å². The highest BCUT2D eigenvalue weighted by atomic mass is 16.5. The standard InChI is InChI=1S/C19H27N3O3/c1-13-4-5-14(2)16(10-13)21-18(24)22-11-15(17(23)20-3)19(12-22)6-8-25-9-7-19/h4-5,10,15H,6-9,11-12H2,1-3H3,(H,20,23)(H,21,24). The van der Waals surface area contributed by atoms with E-state index in [0.717, 1.165) is 29.7 Å². The van der Waals surface area contributed by atoms with Gasteiger partial charge in [0.2, 0.25) is 5.91 Å². The Morgan fingerprint density at radius 1 is 1.24 bits per heavy atom. The largest absolute Gasteiger partial charge is 0.381 e. The van der Waals surface area contributed by atoms with Gasteiger partial charge in [-0.15, -0.1) is 0 Å². The van der Waals surface area contributed by atoms with E-state index >= 15 is 0 Å². The van der Waals surface area contributed by atoms with Gasteiger partial charge in [0.25, 0.3) is 0 Å². The van der Waals surface area contributed by atoms with Crippen molar-refractivity contribution in [1.29, 1.82) is 0 Å². The molecule has 1 unspecified atom stereocenters. The van der Waals surface area contributed by atoms with Gasteiger partial charge in [-0.2, -0.15) is 0 Å². The fraction of sp³-hybridized carbons (Fsp3) is 0.579. The van der Waals surface area contributed by atoms with Crippen LogP contribution < -0.4 is 10.6 Å². The Bertz CT molecular complexity index is 668. The predicted octanol–water partition coefficient (Wildman–Crippen LogP) is 2.31. The van der Waals surface area contributed by atoms with Gasteiger partial charge in [-0.05, 0) is 43.9 Å². The van der Waals surface area contributed by atoms with Crippen LogP contribution in [0.4, 0.5) is 10.5 Å². The number of benzene rings is 1. The molecule has 1 spiro atoms. The number of urea groups is 1. The maximum Gasteiger partial charge on any atom is 0.321 e. The summed E-state index contributed by atoms with van der Waals surface area (Å²) in [5.41, 5.74) is 2.79. The lowest BCUT2D eigenvalue weighted by Crippen LogP contribution is -2.43. The van der Waals surface area contributed by atoms with Crippen LogP contribution in [-0.2, 0) is 9.53 Å². The Hall–Kier alpha value is -2.08. The zero-order valence-corrected chi connectivity index (χ0v) is 15.2. The predicted molar refractivity (Wildman–Crippen MR) is 96.6 cm³/mol. The highest BCUT2D eigenvalue weighted by Gasteiger charge is 2.51. The number of carbonyl (C=O) groups is 2. The molecule has 0 bridgehead atoms. The molecule has 1 atom stereocenters. The molecule has 2 fully saturated rings. The summed E-state index contributed by atoms with van der Waals surface area (Å²) >= 11 is 0. The average molecular weight is 345 g/mol. The molecule has 1 aromatic rings. The molecule has 2 aliphatic heterocycles. The van der Waals surface area contributed by atoms with E-state index in [1.54, 1.807) is 11.9 Å². The lowest BCUT2D eigenvalue weighted by Gasteiger charge is -2.36. The monoisotopic (exact) mass is 345 g/mol. The van der Waals surface area contributed by atoms with Crippen LogP contribution in [-0.4, -0.2) is 50.2 Å². The van der Waals surface area contributed by atoms with Crippen LogP contribution in [0.1, 0.15) is 24.0 Å². The third-order valence-electron chi connectivity index (χ3n) is 5.62. The fourth-order valence-electron chi connectivity index (χ4n) is 4.01. The fourth-order valence-corrected chi connectivity index (χ4v) is 4.01. The molecule has 2 heterocycles. The maximum absolute atomic E-state index is 12.8. The second kappa shape index (κ2) is 7.04. The Morgan fingerprint density at radius 2 is 1.96 bits per heavy atom. The molecule has 1 aromatic carbocycles. The number of amides is 3. The number of nitrogens with one attached hydrogen (secondary N) is 2. The Morgan fingerprint density at radius 3 is 2.64 bits per heavy atom. The summed E-state index contributed by atoms with van der Waals surface area (Å²) in [6.45, 7) is 6.34. The number of rotatable bonds is 2. The third-order valence-corrected chi connectivity index (χ3v) is 5.62. The molecule has 0 aliphatic carbocycles. The van der Waals surface area contributed by atoms with E-state index in [0.29, 0.717) is 26.3 Å². The minimum absolute atomic E-state index is 0.0175. The van der Waals surface area contributed by atoms with E-state index in [-0.39, 0.29) is 23.3 Å². The molecule has 0 saturated carbocycles. The SMILES string of the molecule is CNC(=O)C1CN(C(=O)Nc2cc(C)ccc2C)CC12CCOCC2. The van der Waals surface area contributed by atoms with Crippen molar-refractivity contribution in [3.63, 3.8) is 0 Å². The summed E-state index contributed by atoms with van der Waals surface area (Å²) in [4.78, 5) is 27.0. The molecule has 25 heavy (non-hydrogen) atoms. The van der Waals surface area contributed by atoms with E-state index in [9.17, 15) is 9.59 Å². The minimum atomic E-state index is -0.175. The highest BCUT2D eigenvalue weighted by molar-refractivity contribution is 5.91. The van der Waals surface area contributed by atoms with Gasteiger partial charge < -0.3 is 20.3 Å². The van der Waals surface area contributed by atoms with Gasteiger partial charge in [-0.3, -0.25) is 4.79 Å². The van der Waals surface area contributed by atoms with Crippen molar-refractivity contribution < 1.29 is 14.3 Å². The zero-order valence-electron chi connectivity index (χ0n) is 15.2. The zero-order chi connectivity index (χ0) is 18.0. The lowest BCUT2D eigenvalue weighted by molar-refractivity contribution is -0.129. The van der Waals surface area contributed by atoms with Crippen LogP contribution in [0.2, 0.25) is 0 Å². The Balaban J connectivity index is 1.77. The lowest BCUT2D eigenvalue weighted by atomic mass is 9.72. The van der Waals surface area contributed by atoms with Gasteiger partial charge in [0, 0.05) is 44.5 Å². The first-order chi connectivity index (χ1) is 11.9. The molecule has 6 nitrogen and oxygen atoms in total. The highest BCUT2D eigenvalue weighted by Crippen LogP contribution is 2.44. The van der Waals surface area contributed by atoms with Crippen molar-refractivity contribution in [2.75, 3.05) is 38.7 Å². The Kier molecular flexibility index (Phi) is 4.99. The first kappa shape index (κ1) is 17.7. The van der Waals surface area contributed by atoms with Crippen molar-refractivity contribution in [2.45, 2.75) is 26.7 Å². The number of carbonyl (C=O) groups excluding carboxylic acids is 2. The number of anilines is 1. The number of hydrogen-bond acceptors (Lipinski definition) is 3. The quantitative estimate of drug-likeness (QED) is 0.864. The molecule has 2 saturated heterocycles. The molecule has 3 amide bonds. The smallest absolute Gasteiger partial charge is 0.321 e. The Labute approximate surface area is 148 Å². The van der Waals surface area contributed by atoms with Gasteiger partial charge in [-0.1, -0.05) is 12.1 Å². The number of hydrogen-bond donors (Lipinski definition) is 2. The normalized spacial score (nSPS) is 22.0. The van der Waals surface area contributed by atoms with Crippen LogP contribution in [0.5, 0.6) is 0 Å². The van der Waals surface area contributed by atoms with Gasteiger partial charge in [-0.25, -0.2) is 4.79 Å². The number of ether oxygens (including phenoxy) is 1. The topological polar surface area (TPSA) is 70.7 Å². The second-order valence-electron chi connectivity index (χ2n) is 7.27. The van der Waals surface area contributed by atoms with Crippen molar-refractivity contribution in [2.24, 2.45) is 11.3 Å². The maximum atomic E-state index is 12.8. The summed E-state index contributed by atoms with van der Waals surface area (Å²) in [6.07, 6.45) is 1.64. The summed E-state index contributed by atoms with van der Waals surface area (Å²) in [5.74, 6) is -0.158.